The van der Waals surface area contributed by atoms with Crippen LogP contribution >= 0.6 is 11.6 Å². The Morgan fingerprint density at radius 1 is 1.33 bits per heavy atom. The number of H-pyrrole nitrogens is 1. The van der Waals surface area contributed by atoms with Gasteiger partial charge in [-0.2, -0.15) is 0 Å². The molecule has 1 aromatic carbocycles. The maximum Gasteiger partial charge on any atom is 0.242 e. The Kier molecular flexibility index (Phi) is 3.53. The molecule has 21 heavy (non-hydrogen) atoms. The molecule has 2 N–H and O–H groups in total. The number of aromatic nitrogens is 4. The van der Waals surface area contributed by atoms with Crippen LogP contribution in [0.2, 0.25) is 0 Å². The Bertz CT molecular complexity index is 799. The third-order valence-corrected chi connectivity index (χ3v) is 3.19. The molecule has 0 fully saturated rings. The molecule has 2 heterocycles. The number of alkyl halides is 1. The van der Waals surface area contributed by atoms with Crippen LogP contribution in [-0.4, -0.2) is 31.2 Å². The number of carbonyl (C=O) groups is 1. The number of nitrogens with zero attached hydrogens (tertiary/aromatic N) is 3. The Morgan fingerprint density at radius 3 is 3.00 bits per heavy atom. The van der Waals surface area contributed by atoms with Crippen LogP contribution in [0.5, 0.6) is 0 Å². The fourth-order valence-corrected chi connectivity index (χ4v) is 2.02. The largest absolute Gasteiger partial charge is 0.341 e. The van der Waals surface area contributed by atoms with E-state index < -0.39 is 5.38 Å². The standard InChI is InChI=1S/C14H12ClN5O/c1-8(15)14(21)20-10-4-2-3-9(5-10)11-12-13(18-6-16-11)19-7-17-12/h2-8H,1H3,(H,20,21)(H,16,17,18,19). The van der Waals surface area contributed by atoms with Crippen molar-refractivity contribution in [3.63, 3.8) is 0 Å². The number of rotatable bonds is 3. The molecule has 2 aromatic heterocycles. The van der Waals surface area contributed by atoms with Gasteiger partial charge in [0.05, 0.1) is 12.0 Å². The predicted molar refractivity (Wildman–Crippen MR) is 81.1 cm³/mol. The van der Waals surface area contributed by atoms with E-state index in [4.69, 9.17) is 11.6 Å². The van der Waals surface area contributed by atoms with Crippen LogP contribution < -0.4 is 5.32 Å². The van der Waals surface area contributed by atoms with Crippen molar-refractivity contribution in [3.05, 3.63) is 36.9 Å². The van der Waals surface area contributed by atoms with Crippen molar-refractivity contribution in [1.29, 1.82) is 0 Å². The molecule has 1 amide bonds. The lowest BCUT2D eigenvalue weighted by atomic mass is 10.1. The van der Waals surface area contributed by atoms with E-state index in [-0.39, 0.29) is 5.91 Å². The first-order valence-corrected chi connectivity index (χ1v) is 6.78. The minimum Gasteiger partial charge on any atom is -0.341 e. The zero-order chi connectivity index (χ0) is 14.8. The van der Waals surface area contributed by atoms with Gasteiger partial charge in [0.1, 0.15) is 17.2 Å². The van der Waals surface area contributed by atoms with E-state index in [1.807, 2.05) is 18.2 Å². The van der Waals surface area contributed by atoms with Crippen molar-refractivity contribution in [2.45, 2.75) is 12.3 Å². The third-order valence-electron chi connectivity index (χ3n) is 2.99. The van der Waals surface area contributed by atoms with Gasteiger partial charge in [-0.3, -0.25) is 4.79 Å². The Morgan fingerprint density at radius 2 is 2.19 bits per heavy atom. The highest BCUT2D eigenvalue weighted by atomic mass is 35.5. The van der Waals surface area contributed by atoms with Crippen LogP contribution in [0.15, 0.2) is 36.9 Å². The topological polar surface area (TPSA) is 83.6 Å². The molecule has 0 radical (unpaired) electrons. The summed E-state index contributed by atoms with van der Waals surface area (Å²) in [5.74, 6) is -0.247. The van der Waals surface area contributed by atoms with Gasteiger partial charge in [-0.1, -0.05) is 12.1 Å². The van der Waals surface area contributed by atoms with Crippen molar-refractivity contribution in [2.75, 3.05) is 5.32 Å². The fraction of sp³-hybridized carbons (Fsp3) is 0.143. The smallest absolute Gasteiger partial charge is 0.242 e. The third kappa shape index (κ3) is 2.71. The number of hydrogen-bond acceptors (Lipinski definition) is 4. The zero-order valence-corrected chi connectivity index (χ0v) is 11.9. The average molecular weight is 302 g/mol. The minimum atomic E-state index is -0.591. The minimum absolute atomic E-state index is 0.247. The lowest BCUT2D eigenvalue weighted by molar-refractivity contribution is -0.115. The second kappa shape index (κ2) is 5.49. The SMILES string of the molecule is CC(Cl)C(=O)Nc1cccc(-c2ncnc3nc[nH]c23)c1. The summed E-state index contributed by atoms with van der Waals surface area (Å²) in [6, 6.07) is 7.38. The van der Waals surface area contributed by atoms with Crippen molar-refractivity contribution >= 4 is 34.4 Å². The van der Waals surface area contributed by atoms with Gasteiger partial charge in [-0.05, 0) is 19.1 Å². The van der Waals surface area contributed by atoms with Gasteiger partial charge in [0.15, 0.2) is 5.65 Å². The first kappa shape index (κ1) is 13.5. The van der Waals surface area contributed by atoms with Crippen molar-refractivity contribution in [1.82, 2.24) is 19.9 Å². The highest BCUT2D eigenvalue weighted by Crippen LogP contribution is 2.25. The van der Waals surface area contributed by atoms with E-state index in [1.165, 1.54) is 6.33 Å². The molecule has 0 aliphatic carbocycles. The molecule has 0 aliphatic heterocycles. The van der Waals surface area contributed by atoms with Gasteiger partial charge in [0.2, 0.25) is 5.91 Å². The van der Waals surface area contributed by atoms with E-state index in [2.05, 4.69) is 25.3 Å². The molecular formula is C14H12ClN5O. The summed E-state index contributed by atoms with van der Waals surface area (Å²) in [5, 5.41) is 2.16. The van der Waals surface area contributed by atoms with Gasteiger partial charge in [-0.15, -0.1) is 11.6 Å². The van der Waals surface area contributed by atoms with Gasteiger partial charge in [0.25, 0.3) is 0 Å². The van der Waals surface area contributed by atoms with E-state index >= 15 is 0 Å². The Hall–Kier alpha value is -2.47. The van der Waals surface area contributed by atoms with E-state index in [1.54, 1.807) is 19.3 Å². The van der Waals surface area contributed by atoms with E-state index in [0.29, 0.717) is 11.3 Å². The molecule has 7 heteroatoms. The molecule has 0 saturated carbocycles. The van der Waals surface area contributed by atoms with Gasteiger partial charge in [0, 0.05) is 11.3 Å². The van der Waals surface area contributed by atoms with E-state index in [9.17, 15) is 4.79 Å². The molecule has 106 valence electrons. The van der Waals surface area contributed by atoms with Crippen LogP contribution in [0, 0.1) is 0 Å². The first-order chi connectivity index (χ1) is 10.1. The Balaban J connectivity index is 2.00. The summed E-state index contributed by atoms with van der Waals surface area (Å²) >= 11 is 5.75. The molecule has 3 aromatic rings. The van der Waals surface area contributed by atoms with Crippen LogP contribution in [-0.2, 0) is 4.79 Å². The molecule has 1 atom stereocenters. The molecule has 0 saturated heterocycles. The summed E-state index contributed by atoms with van der Waals surface area (Å²) in [5.41, 5.74) is 3.60. The summed E-state index contributed by atoms with van der Waals surface area (Å²) < 4.78 is 0. The highest BCUT2D eigenvalue weighted by molar-refractivity contribution is 6.32. The quantitative estimate of drug-likeness (QED) is 0.728. The monoisotopic (exact) mass is 301 g/mol. The van der Waals surface area contributed by atoms with E-state index in [0.717, 1.165) is 16.8 Å². The number of imidazole rings is 1. The number of anilines is 1. The second-order valence-corrected chi connectivity index (χ2v) is 5.16. The number of nitrogens with one attached hydrogen (secondary N) is 2. The zero-order valence-electron chi connectivity index (χ0n) is 11.2. The number of carbonyl (C=O) groups excluding carboxylic acids is 1. The Labute approximate surface area is 125 Å². The summed E-state index contributed by atoms with van der Waals surface area (Å²) in [6.45, 7) is 1.62. The lowest BCUT2D eigenvalue weighted by Gasteiger charge is -2.08. The van der Waals surface area contributed by atoms with Crippen LogP contribution in [0.4, 0.5) is 5.69 Å². The van der Waals surface area contributed by atoms with Gasteiger partial charge < -0.3 is 10.3 Å². The molecule has 0 spiro atoms. The second-order valence-electron chi connectivity index (χ2n) is 4.51. The molecular weight excluding hydrogens is 290 g/mol. The van der Waals surface area contributed by atoms with Crippen LogP contribution in [0.25, 0.3) is 22.4 Å². The number of amides is 1. The normalized spacial score (nSPS) is 12.3. The molecule has 0 bridgehead atoms. The summed E-state index contributed by atoms with van der Waals surface area (Å²) in [6.07, 6.45) is 3.04. The van der Waals surface area contributed by atoms with Gasteiger partial charge in [-0.25, -0.2) is 15.0 Å². The van der Waals surface area contributed by atoms with Crippen molar-refractivity contribution < 1.29 is 4.79 Å². The molecule has 1 unspecified atom stereocenters. The maximum atomic E-state index is 11.6. The molecule has 6 nitrogen and oxygen atoms in total. The summed E-state index contributed by atoms with van der Waals surface area (Å²) in [4.78, 5) is 27.1. The highest BCUT2D eigenvalue weighted by Gasteiger charge is 2.11. The van der Waals surface area contributed by atoms with Crippen molar-refractivity contribution in [3.8, 4) is 11.3 Å². The fourth-order valence-electron chi connectivity index (χ4n) is 1.97. The lowest BCUT2D eigenvalue weighted by Crippen LogP contribution is -2.20. The number of fused-ring (bicyclic) bond motifs is 1. The first-order valence-electron chi connectivity index (χ1n) is 6.34. The predicted octanol–water partition coefficient (Wildman–Crippen LogP) is 2.59. The van der Waals surface area contributed by atoms with Crippen LogP contribution in [0.3, 0.4) is 0 Å². The molecule has 3 rings (SSSR count). The van der Waals surface area contributed by atoms with Crippen LogP contribution in [0.1, 0.15) is 6.92 Å². The maximum absolute atomic E-state index is 11.6. The summed E-state index contributed by atoms with van der Waals surface area (Å²) in [7, 11) is 0. The molecule has 0 aliphatic rings. The average Bonchev–Trinajstić information content (AvgIpc) is 2.95. The number of benzene rings is 1. The van der Waals surface area contributed by atoms with Crippen molar-refractivity contribution in [2.24, 2.45) is 0 Å². The van der Waals surface area contributed by atoms with Gasteiger partial charge >= 0.3 is 0 Å². The number of aromatic amines is 1. The number of halogens is 1. The number of hydrogen-bond donors (Lipinski definition) is 2.